The zero-order valence-electron chi connectivity index (χ0n) is 7.92. The predicted molar refractivity (Wildman–Crippen MR) is 45.6 cm³/mol. The molecule has 0 aromatic heterocycles. The first-order valence-corrected chi connectivity index (χ1v) is 3.70. The highest BCUT2D eigenvalue weighted by molar-refractivity contribution is 5.82. The molecule has 0 aromatic rings. The highest BCUT2D eigenvalue weighted by Crippen LogP contribution is 2.11. The molecule has 0 radical (unpaired) electrons. The second-order valence-electron chi connectivity index (χ2n) is 2.88. The maximum Gasteiger partial charge on any atom is 0.350 e. The molecule has 4 heteroatoms. The van der Waals surface area contributed by atoms with Crippen LogP contribution >= 0.6 is 0 Å². The van der Waals surface area contributed by atoms with Crippen LogP contribution in [-0.2, 0) is 19.1 Å². The van der Waals surface area contributed by atoms with Gasteiger partial charge in [0.05, 0.1) is 0 Å². The topological polar surface area (TPSA) is 52.6 Å². The SMILES string of the molecule is C#CCOC(=O)C(C)(C)OC(C)=O. The van der Waals surface area contributed by atoms with Gasteiger partial charge in [-0.1, -0.05) is 5.92 Å². The van der Waals surface area contributed by atoms with Gasteiger partial charge in [0, 0.05) is 6.92 Å². The third-order valence-corrected chi connectivity index (χ3v) is 1.18. The predicted octanol–water partition coefficient (Wildman–Crippen LogP) is 0.504. The van der Waals surface area contributed by atoms with Crippen molar-refractivity contribution in [3.05, 3.63) is 0 Å². The quantitative estimate of drug-likeness (QED) is 0.473. The fourth-order valence-electron chi connectivity index (χ4n) is 0.682. The molecule has 0 unspecified atom stereocenters. The molecule has 72 valence electrons. The Morgan fingerprint density at radius 2 is 2.00 bits per heavy atom. The lowest BCUT2D eigenvalue weighted by Gasteiger charge is -2.21. The zero-order valence-corrected chi connectivity index (χ0v) is 7.92. The van der Waals surface area contributed by atoms with Crippen molar-refractivity contribution < 1.29 is 19.1 Å². The van der Waals surface area contributed by atoms with Gasteiger partial charge in [-0.2, -0.15) is 0 Å². The number of hydrogen-bond donors (Lipinski definition) is 0. The molecule has 0 rings (SSSR count). The minimum absolute atomic E-state index is 0.121. The summed E-state index contributed by atoms with van der Waals surface area (Å²) in [5.41, 5.74) is -1.28. The molecule has 4 nitrogen and oxygen atoms in total. The van der Waals surface area contributed by atoms with E-state index in [2.05, 4.69) is 10.7 Å². The Hall–Kier alpha value is -1.50. The maximum absolute atomic E-state index is 11.2. The van der Waals surface area contributed by atoms with Crippen LogP contribution in [-0.4, -0.2) is 24.1 Å². The van der Waals surface area contributed by atoms with Crippen LogP contribution in [0.4, 0.5) is 0 Å². The average molecular weight is 184 g/mol. The molecule has 0 aliphatic heterocycles. The van der Waals surface area contributed by atoms with Gasteiger partial charge in [0.25, 0.3) is 0 Å². The lowest BCUT2D eigenvalue weighted by atomic mass is 10.1. The van der Waals surface area contributed by atoms with Crippen LogP contribution in [0.2, 0.25) is 0 Å². The largest absolute Gasteiger partial charge is 0.450 e. The Bertz CT molecular complexity index is 247. The molecule has 0 amide bonds. The van der Waals surface area contributed by atoms with Crippen LogP contribution in [0, 0.1) is 12.3 Å². The van der Waals surface area contributed by atoms with Crippen molar-refractivity contribution in [1.29, 1.82) is 0 Å². The van der Waals surface area contributed by atoms with Crippen molar-refractivity contribution >= 4 is 11.9 Å². The summed E-state index contributed by atoms with van der Waals surface area (Å²) < 4.78 is 9.32. The lowest BCUT2D eigenvalue weighted by molar-refractivity contribution is -0.176. The van der Waals surface area contributed by atoms with E-state index < -0.39 is 17.5 Å². The summed E-state index contributed by atoms with van der Waals surface area (Å²) in [5, 5.41) is 0. The summed E-state index contributed by atoms with van der Waals surface area (Å²) in [4.78, 5) is 21.7. The molecule has 0 heterocycles. The van der Waals surface area contributed by atoms with Crippen LogP contribution in [0.15, 0.2) is 0 Å². The molecule has 0 aromatic carbocycles. The third-order valence-electron chi connectivity index (χ3n) is 1.18. The Kier molecular flexibility index (Phi) is 3.99. The van der Waals surface area contributed by atoms with E-state index in [1.54, 1.807) is 0 Å². The summed E-state index contributed by atoms with van der Waals surface area (Å²) in [6.07, 6.45) is 4.89. The van der Waals surface area contributed by atoms with E-state index >= 15 is 0 Å². The lowest BCUT2D eigenvalue weighted by Crippen LogP contribution is -2.38. The van der Waals surface area contributed by atoms with E-state index in [1.807, 2.05) is 0 Å². The second kappa shape index (κ2) is 4.51. The Balaban J connectivity index is 4.20. The summed E-state index contributed by atoms with van der Waals surface area (Å²) in [7, 11) is 0. The van der Waals surface area contributed by atoms with Gasteiger partial charge in [-0.3, -0.25) is 4.79 Å². The van der Waals surface area contributed by atoms with Crippen LogP contribution in [0.3, 0.4) is 0 Å². The van der Waals surface area contributed by atoms with Crippen molar-refractivity contribution in [1.82, 2.24) is 0 Å². The van der Waals surface area contributed by atoms with E-state index in [0.717, 1.165) is 0 Å². The van der Waals surface area contributed by atoms with Gasteiger partial charge in [0.1, 0.15) is 0 Å². The maximum atomic E-state index is 11.2. The van der Waals surface area contributed by atoms with Gasteiger partial charge < -0.3 is 9.47 Å². The van der Waals surface area contributed by atoms with Crippen molar-refractivity contribution in [2.45, 2.75) is 26.4 Å². The first-order valence-electron chi connectivity index (χ1n) is 3.70. The highest BCUT2D eigenvalue weighted by Gasteiger charge is 2.32. The summed E-state index contributed by atoms with van der Waals surface area (Å²) in [5.74, 6) is 0.949. The highest BCUT2D eigenvalue weighted by atomic mass is 16.6. The van der Waals surface area contributed by atoms with E-state index in [1.165, 1.54) is 20.8 Å². The first-order chi connectivity index (χ1) is 5.90. The molecule has 0 aliphatic carbocycles. The molecule has 13 heavy (non-hydrogen) atoms. The number of carbonyl (C=O) groups excluding carboxylic acids is 2. The van der Waals surface area contributed by atoms with E-state index in [9.17, 15) is 9.59 Å². The Morgan fingerprint density at radius 1 is 1.46 bits per heavy atom. The molecule has 0 fully saturated rings. The second-order valence-corrected chi connectivity index (χ2v) is 2.88. The van der Waals surface area contributed by atoms with Crippen LogP contribution in [0.1, 0.15) is 20.8 Å². The minimum Gasteiger partial charge on any atom is -0.450 e. The summed E-state index contributed by atoms with van der Waals surface area (Å²) in [6.45, 7) is 3.97. The summed E-state index contributed by atoms with van der Waals surface area (Å²) in [6, 6.07) is 0. The molecule has 0 N–H and O–H groups in total. The normalized spacial score (nSPS) is 10.0. The molecule has 0 aliphatic rings. The van der Waals surface area contributed by atoms with Gasteiger partial charge in [-0.15, -0.1) is 6.42 Å². The number of esters is 2. The monoisotopic (exact) mass is 184 g/mol. The molecular formula is C9H12O4. The Morgan fingerprint density at radius 3 is 2.38 bits per heavy atom. The third kappa shape index (κ3) is 4.16. The van der Waals surface area contributed by atoms with Crippen molar-refractivity contribution in [3.8, 4) is 12.3 Å². The number of terminal acetylenes is 1. The molecule has 0 spiro atoms. The van der Waals surface area contributed by atoms with Gasteiger partial charge in [-0.05, 0) is 13.8 Å². The fourth-order valence-corrected chi connectivity index (χ4v) is 0.682. The van der Waals surface area contributed by atoms with E-state index in [4.69, 9.17) is 11.2 Å². The molecule has 0 saturated carbocycles. The number of ether oxygens (including phenoxy) is 2. The van der Waals surface area contributed by atoms with Crippen LogP contribution in [0.25, 0.3) is 0 Å². The van der Waals surface area contributed by atoms with Gasteiger partial charge in [0.15, 0.2) is 6.61 Å². The van der Waals surface area contributed by atoms with Crippen molar-refractivity contribution in [2.24, 2.45) is 0 Å². The number of carbonyl (C=O) groups is 2. The van der Waals surface area contributed by atoms with E-state index in [-0.39, 0.29) is 6.61 Å². The van der Waals surface area contributed by atoms with Crippen LogP contribution < -0.4 is 0 Å². The van der Waals surface area contributed by atoms with Gasteiger partial charge >= 0.3 is 11.9 Å². The number of hydrogen-bond acceptors (Lipinski definition) is 4. The van der Waals surface area contributed by atoms with Crippen molar-refractivity contribution in [3.63, 3.8) is 0 Å². The number of rotatable bonds is 3. The molecular weight excluding hydrogens is 172 g/mol. The fraction of sp³-hybridized carbons (Fsp3) is 0.556. The molecule has 0 bridgehead atoms. The smallest absolute Gasteiger partial charge is 0.350 e. The summed E-state index contributed by atoms with van der Waals surface area (Å²) >= 11 is 0. The zero-order chi connectivity index (χ0) is 10.5. The van der Waals surface area contributed by atoms with Crippen molar-refractivity contribution in [2.75, 3.05) is 6.61 Å². The minimum atomic E-state index is -1.28. The van der Waals surface area contributed by atoms with E-state index in [0.29, 0.717) is 0 Å². The molecule has 0 atom stereocenters. The van der Waals surface area contributed by atoms with Crippen LogP contribution in [0.5, 0.6) is 0 Å². The van der Waals surface area contributed by atoms with Gasteiger partial charge in [-0.25, -0.2) is 4.79 Å². The molecule has 0 saturated heterocycles. The van der Waals surface area contributed by atoms with Gasteiger partial charge in [0.2, 0.25) is 5.60 Å². The first kappa shape index (κ1) is 11.5. The Labute approximate surface area is 77.2 Å². The average Bonchev–Trinajstić information content (AvgIpc) is 1.97. The standard InChI is InChI=1S/C9H12O4/c1-5-6-12-8(11)9(3,4)13-7(2)10/h1H,6H2,2-4H3.